The molecule has 28 heavy (non-hydrogen) atoms. The molecule has 0 heterocycles. The van der Waals surface area contributed by atoms with Crippen molar-refractivity contribution in [1.29, 1.82) is 0 Å². The van der Waals surface area contributed by atoms with Gasteiger partial charge in [-0.2, -0.15) is 4.31 Å². The van der Waals surface area contributed by atoms with Gasteiger partial charge in [0.05, 0.1) is 11.4 Å². The van der Waals surface area contributed by atoms with Gasteiger partial charge in [0, 0.05) is 12.6 Å². The van der Waals surface area contributed by atoms with Crippen LogP contribution < -0.4 is 5.32 Å². The molecule has 0 spiro atoms. The van der Waals surface area contributed by atoms with Crippen molar-refractivity contribution in [3.05, 3.63) is 65.2 Å². The molecule has 6 heteroatoms. The number of nitrogens with zero attached hydrogens (tertiary/aromatic N) is 1. The number of benzene rings is 2. The van der Waals surface area contributed by atoms with Crippen LogP contribution in [0, 0.1) is 13.8 Å². The van der Waals surface area contributed by atoms with E-state index in [4.69, 9.17) is 0 Å². The summed E-state index contributed by atoms with van der Waals surface area (Å²) in [6, 6.07) is 15.4. The predicted octanol–water partition coefficient (Wildman–Crippen LogP) is 3.45. The third-order valence-corrected chi connectivity index (χ3v) is 6.81. The molecule has 1 N–H and O–H groups in total. The van der Waals surface area contributed by atoms with E-state index in [1.165, 1.54) is 9.87 Å². The lowest BCUT2D eigenvalue weighted by Gasteiger charge is -2.22. The molecular weight excluding hydrogens is 372 g/mol. The summed E-state index contributed by atoms with van der Waals surface area (Å²) in [6.07, 6.45) is 1.66. The summed E-state index contributed by atoms with van der Waals surface area (Å²) in [7, 11) is -3.72. The molecule has 0 aromatic heterocycles. The zero-order chi connectivity index (χ0) is 20.7. The predicted molar refractivity (Wildman–Crippen MR) is 113 cm³/mol. The second kappa shape index (κ2) is 9.85. The van der Waals surface area contributed by atoms with Crippen LogP contribution in [0.25, 0.3) is 0 Å². The Morgan fingerprint density at radius 1 is 1.11 bits per heavy atom. The molecular formula is C22H30N2O3S. The Bertz CT molecular complexity index is 895. The highest BCUT2D eigenvalue weighted by Gasteiger charge is 2.27. The summed E-state index contributed by atoms with van der Waals surface area (Å²) >= 11 is 0. The van der Waals surface area contributed by atoms with E-state index >= 15 is 0 Å². The van der Waals surface area contributed by atoms with Crippen LogP contribution in [0.5, 0.6) is 0 Å². The Labute approximate surface area is 168 Å². The van der Waals surface area contributed by atoms with E-state index in [1.54, 1.807) is 26.0 Å². The van der Waals surface area contributed by atoms with Crippen molar-refractivity contribution in [2.24, 2.45) is 0 Å². The number of carbonyl (C=O) groups is 1. The van der Waals surface area contributed by atoms with Crippen molar-refractivity contribution in [2.75, 3.05) is 13.1 Å². The summed E-state index contributed by atoms with van der Waals surface area (Å²) < 4.78 is 27.3. The first-order valence-electron chi connectivity index (χ1n) is 9.64. The molecule has 152 valence electrons. The first-order valence-corrected chi connectivity index (χ1v) is 11.1. The van der Waals surface area contributed by atoms with Crippen LogP contribution in [0.4, 0.5) is 0 Å². The summed E-state index contributed by atoms with van der Waals surface area (Å²) in [5.74, 6) is -0.281. The van der Waals surface area contributed by atoms with E-state index in [1.807, 2.05) is 38.1 Å². The Morgan fingerprint density at radius 2 is 1.79 bits per heavy atom. The molecule has 0 radical (unpaired) electrons. The normalized spacial score (nSPS) is 12.8. The Morgan fingerprint density at radius 3 is 2.43 bits per heavy atom. The SMILES string of the molecule is CCN(CC(=O)NC(C)CCc1ccccc1)S(=O)(=O)c1cc(C)ccc1C. The fraction of sp³-hybridized carbons (Fsp3) is 0.409. The first kappa shape index (κ1) is 22.1. The Kier molecular flexibility index (Phi) is 7.78. The number of amides is 1. The van der Waals surface area contributed by atoms with Crippen LogP contribution in [-0.4, -0.2) is 37.8 Å². The van der Waals surface area contributed by atoms with Crippen molar-refractivity contribution in [2.45, 2.75) is 51.5 Å². The summed E-state index contributed by atoms with van der Waals surface area (Å²) in [4.78, 5) is 12.7. The third kappa shape index (κ3) is 5.91. The molecule has 2 rings (SSSR count). The largest absolute Gasteiger partial charge is 0.352 e. The van der Waals surface area contributed by atoms with E-state index in [2.05, 4.69) is 17.4 Å². The molecule has 0 fully saturated rings. The maximum Gasteiger partial charge on any atom is 0.243 e. The van der Waals surface area contributed by atoms with E-state index in [-0.39, 0.29) is 29.9 Å². The minimum atomic E-state index is -3.72. The average molecular weight is 403 g/mol. The molecule has 0 aliphatic rings. The average Bonchev–Trinajstić information content (AvgIpc) is 2.67. The van der Waals surface area contributed by atoms with E-state index in [0.717, 1.165) is 18.4 Å². The molecule has 0 saturated carbocycles. The lowest BCUT2D eigenvalue weighted by Crippen LogP contribution is -2.43. The minimum Gasteiger partial charge on any atom is -0.352 e. The van der Waals surface area contributed by atoms with Crippen molar-refractivity contribution < 1.29 is 13.2 Å². The van der Waals surface area contributed by atoms with Gasteiger partial charge in [-0.15, -0.1) is 0 Å². The van der Waals surface area contributed by atoms with Gasteiger partial charge in [0.1, 0.15) is 0 Å². The molecule has 1 unspecified atom stereocenters. The molecule has 0 aliphatic carbocycles. The maximum absolute atomic E-state index is 13.0. The van der Waals surface area contributed by atoms with Crippen molar-refractivity contribution in [3.63, 3.8) is 0 Å². The number of carbonyl (C=O) groups excluding carboxylic acids is 1. The second-order valence-corrected chi connectivity index (χ2v) is 9.10. The van der Waals surface area contributed by atoms with E-state index in [9.17, 15) is 13.2 Å². The fourth-order valence-corrected chi connectivity index (χ4v) is 4.79. The fourth-order valence-electron chi connectivity index (χ4n) is 3.07. The molecule has 0 aliphatic heterocycles. The lowest BCUT2D eigenvalue weighted by atomic mass is 10.1. The number of likely N-dealkylation sites (N-methyl/N-ethyl adjacent to an activating group) is 1. The zero-order valence-corrected chi connectivity index (χ0v) is 17.9. The van der Waals surface area contributed by atoms with Gasteiger partial charge in [-0.25, -0.2) is 8.42 Å². The van der Waals surface area contributed by atoms with Crippen LogP contribution in [0.1, 0.15) is 37.0 Å². The van der Waals surface area contributed by atoms with Crippen LogP contribution in [-0.2, 0) is 21.2 Å². The van der Waals surface area contributed by atoms with E-state index in [0.29, 0.717) is 5.56 Å². The number of hydrogen-bond donors (Lipinski definition) is 1. The summed E-state index contributed by atoms with van der Waals surface area (Å²) in [6.45, 7) is 7.37. The molecule has 1 amide bonds. The topological polar surface area (TPSA) is 66.5 Å². The Hall–Kier alpha value is -2.18. The Balaban J connectivity index is 1.99. The molecule has 2 aromatic rings. The highest BCUT2D eigenvalue weighted by Crippen LogP contribution is 2.21. The van der Waals surface area contributed by atoms with Gasteiger partial charge < -0.3 is 5.32 Å². The van der Waals surface area contributed by atoms with Crippen LogP contribution in [0.2, 0.25) is 0 Å². The monoisotopic (exact) mass is 402 g/mol. The highest BCUT2D eigenvalue weighted by molar-refractivity contribution is 7.89. The molecule has 0 bridgehead atoms. The first-order chi connectivity index (χ1) is 13.2. The van der Waals surface area contributed by atoms with Crippen molar-refractivity contribution >= 4 is 15.9 Å². The standard InChI is InChI=1S/C22H30N2O3S/c1-5-24(28(26,27)21-15-17(2)11-12-18(21)3)16-22(25)23-19(4)13-14-20-9-7-6-8-10-20/h6-12,15,19H,5,13-14,16H2,1-4H3,(H,23,25). The van der Waals surface area contributed by atoms with Gasteiger partial charge in [-0.05, 0) is 56.4 Å². The number of nitrogens with one attached hydrogen (secondary N) is 1. The molecule has 0 saturated heterocycles. The summed E-state index contributed by atoms with van der Waals surface area (Å²) in [5, 5.41) is 2.92. The quantitative estimate of drug-likeness (QED) is 0.699. The van der Waals surface area contributed by atoms with Crippen molar-refractivity contribution in [3.8, 4) is 0 Å². The van der Waals surface area contributed by atoms with Crippen LogP contribution >= 0.6 is 0 Å². The van der Waals surface area contributed by atoms with Gasteiger partial charge in [0.25, 0.3) is 0 Å². The van der Waals surface area contributed by atoms with Gasteiger partial charge in [-0.3, -0.25) is 4.79 Å². The van der Waals surface area contributed by atoms with E-state index < -0.39 is 10.0 Å². The number of aryl methyl sites for hydroxylation is 3. The van der Waals surface area contributed by atoms with Crippen LogP contribution in [0.3, 0.4) is 0 Å². The maximum atomic E-state index is 13.0. The van der Waals surface area contributed by atoms with Gasteiger partial charge in [0.15, 0.2) is 0 Å². The van der Waals surface area contributed by atoms with Gasteiger partial charge in [0.2, 0.25) is 15.9 Å². The minimum absolute atomic E-state index is 0.0326. The van der Waals surface area contributed by atoms with Gasteiger partial charge >= 0.3 is 0 Å². The highest BCUT2D eigenvalue weighted by atomic mass is 32.2. The molecule has 1 atom stereocenters. The number of sulfonamides is 1. The van der Waals surface area contributed by atoms with Gasteiger partial charge in [-0.1, -0.05) is 49.4 Å². The third-order valence-electron chi connectivity index (χ3n) is 4.75. The molecule has 5 nitrogen and oxygen atoms in total. The van der Waals surface area contributed by atoms with Crippen molar-refractivity contribution in [1.82, 2.24) is 9.62 Å². The molecule has 2 aromatic carbocycles. The summed E-state index contributed by atoms with van der Waals surface area (Å²) in [5.41, 5.74) is 2.77. The number of hydrogen-bond acceptors (Lipinski definition) is 3. The lowest BCUT2D eigenvalue weighted by molar-refractivity contribution is -0.121. The zero-order valence-electron chi connectivity index (χ0n) is 17.1. The smallest absolute Gasteiger partial charge is 0.243 e. The second-order valence-electron chi connectivity index (χ2n) is 7.19. The number of rotatable bonds is 9. The van der Waals surface area contributed by atoms with Crippen LogP contribution in [0.15, 0.2) is 53.4 Å².